The highest BCUT2D eigenvalue weighted by molar-refractivity contribution is 7.91. The SMILES string of the molecule is NCc1ccc(S(=O)(=O)NCC2CCC(=O)N2)s1. The highest BCUT2D eigenvalue weighted by Crippen LogP contribution is 2.21. The van der Waals surface area contributed by atoms with Crippen molar-refractivity contribution in [2.75, 3.05) is 6.54 Å². The fourth-order valence-electron chi connectivity index (χ4n) is 1.72. The fraction of sp³-hybridized carbons (Fsp3) is 0.500. The van der Waals surface area contributed by atoms with Crippen molar-refractivity contribution >= 4 is 27.3 Å². The molecule has 100 valence electrons. The van der Waals surface area contributed by atoms with Gasteiger partial charge in [0.1, 0.15) is 4.21 Å². The molecule has 1 aromatic heterocycles. The van der Waals surface area contributed by atoms with Crippen LogP contribution in [0.3, 0.4) is 0 Å². The first-order valence-corrected chi connectivity index (χ1v) is 7.89. The number of sulfonamides is 1. The van der Waals surface area contributed by atoms with E-state index in [1.54, 1.807) is 12.1 Å². The summed E-state index contributed by atoms with van der Waals surface area (Å²) in [5, 5.41) is 2.71. The molecule has 8 heteroatoms. The summed E-state index contributed by atoms with van der Waals surface area (Å²) in [5.74, 6) is -0.0271. The number of thiophene rings is 1. The quantitative estimate of drug-likeness (QED) is 0.696. The summed E-state index contributed by atoms with van der Waals surface area (Å²) in [6, 6.07) is 3.14. The van der Waals surface area contributed by atoms with Crippen LogP contribution in [0.25, 0.3) is 0 Å². The van der Waals surface area contributed by atoms with Gasteiger partial charge in [0, 0.05) is 30.4 Å². The van der Waals surface area contributed by atoms with E-state index in [2.05, 4.69) is 10.0 Å². The molecule has 1 amide bonds. The van der Waals surface area contributed by atoms with Crippen LogP contribution in [0.4, 0.5) is 0 Å². The van der Waals surface area contributed by atoms with Crippen LogP contribution in [0.15, 0.2) is 16.3 Å². The third kappa shape index (κ3) is 3.08. The Labute approximate surface area is 110 Å². The van der Waals surface area contributed by atoms with Gasteiger partial charge in [-0.05, 0) is 18.6 Å². The summed E-state index contributed by atoms with van der Waals surface area (Å²) in [5.41, 5.74) is 5.44. The monoisotopic (exact) mass is 289 g/mol. The number of carbonyl (C=O) groups is 1. The first-order chi connectivity index (χ1) is 8.51. The van der Waals surface area contributed by atoms with Crippen LogP contribution in [0.1, 0.15) is 17.7 Å². The van der Waals surface area contributed by atoms with E-state index in [-0.39, 0.29) is 22.7 Å². The number of carbonyl (C=O) groups excluding carboxylic acids is 1. The second kappa shape index (κ2) is 5.35. The highest BCUT2D eigenvalue weighted by Gasteiger charge is 2.23. The van der Waals surface area contributed by atoms with Crippen LogP contribution >= 0.6 is 11.3 Å². The van der Waals surface area contributed by atoms with Crippen LogP contribution in [0.5, 0.6) is 0 Å². The maximum atomic E-state index is 11.9. The van der Waals surface area contributed by atoms with E-state index in [0.29, 0.717) is 19.4 Å². The molecule has 2 heterocycles. The first kappa shape index (κ1) is 13.5. The molecule has 6 nitrogen and oxygen atoms in total. The first-order valence-electron chi connectivity index (χ1n) is 5.59. The Bertz CT molecular complexity index is 538. The summed E-state index contributed by atoms with van der Waals surface area (Å²) >= 11 is 1.16. The number of amides is 1. The van der Waals surface area contributed by atoms with Crippen molar-refractivity contribution in [1.29, 1.82) is 0 Å². The molecule has 0 radical (unpaired) electrons. The summed E-state index contributed by atoms with van der Waals surface area (Å²) in [4.78, 5) is 11.8. The topological polar surface area (TPSA) is 101 Å². The Kier molecular flexibility index (Phi) is 4.00. The van der Waals surface area contributed by atoms with Gasteiger partial charge in [0.05, 0.1) is 0 Å². The van der Waals surface area contributed by atoms with Gasteiger partial charge in [-0.15, -0.1) is 11.3 Å². The standard InChI is InChI=1S/C10H15N3O3S2/c11-5-8-2-4-10(17-8)18(15,16)12-6-7-1-3-9(14)13-7/h2,4,7,12H,1,3,5-6,11H2,(H,13,14). The molecule has 18 heavy (non-hydrogen) atoms. The predicted octanol–water partition coefficient (Wildman–Crippen LogP) is -0.236. The van der Waals surface area contributed by atoms with E-state index in [9.17, 15) is 13.2 Å². The molecule has 0 aromatic carbocycles. The van der Waals surface area contributed by atoms with Gasteiger partial charge < -0.3 is 11.1 Å². The average molecular weight is 289 g/mol. The van der Waals surface area contributed by atoms with E-state index in [1.165, 1.54) is 0 Å². The molecular weight excluding hydrogens is 274 g/mol. The lowest BCUT2D eigenvalue weighted by molar-refractivity contribution is -0.119. The summed E-state index contributed by atoms with van der Waals surface area (Å²) in [6.07, 6.45) is 1.13. The third-order valence-corrected chi connectivity index (χ3v) is 5.73. The number of hydrogen-bond donors (Lipinski definition) is 3. The van der Waals surface area contributed by atoms with Crippen LogP contribution in [-0.2, 0) is 21.4 Å². The maximum Gasteiger partial charge on any atom is 0.250 e. The zero-order chi connectivity index (χ0) is 13.2. The van der Waals surface area contributed by atoms with Gasteiger partial charge in [-0.1, -0.05) is 0 Å². The van der Waals surface area contributed by atoms with Crippen LogP contribution in [-0.4, -0.2) is 26.9 Å². The van der Waals surface area contributed by atoms with E-state index in [4.69, 9.17) is 5.73 Å². The molecule has 1 atom stereocenters. The zero-order valence-corrected chi connectivity index (χ0v) is 11.3. The third-order valence-electron chi connectivity index (χ3n) is 2.71. The normalized spacial score (nSPS) is 20.1. The largest absolute Gasteiger partial charge is 0.352 e. The maximum absolute atomic E-state index is 11.9. The molecular formula is C10H15N3O3S2. The minimum absolute atomic E-state index is 0.0271. The van der Waals surface area contributed by atoms with Gasteiger partial charge in [0.15, 0.2) is 0 Å². The molecule has 1 fully saturated rings. The molecule has 2 rings (SSSR count). The summed E-state index contributed by atoms with van der Waals surface area (Å²) in [6.45, 7) is 0.558. The van der Waals surface area contributed by atoms with Gasteiger partial charge in [0.2, 0.25) is 15.9 Å². The molecule has 1 aliphatic heterocycles. The minimum atomic E-state index is -3.49. The van der Waals surface area contributed by atoms with E-state index < -0.39 is 10.0 Å². The molecule has 1 aliphatic rings. The van der Waals surface area contributed by atoms with Gasteiger partial charge >= 0.3 is 0 Å². The average Bonchev–Trinajstić information content (AvgIpc) is 2.95. The summed E-state index contributed by atoms with van der Waals surface area (Å²) in [7, 11) is -3.49. The highest BCUT2D eigenvalue weighted by atomic mass is 32.2. The smallest absolute Gasteiger partial charge is 0.250 e. The molecule has 1 aromatic rings. The number of hydrogen-bond acceptors (Lipinski definition) is 5. The second-order valence-corrected chi connectivity index (χ2v) is 7.24. The Morgan fingerprint density at radius 1 is 1.50 bits per heavy atom. The minimum Gasteiger partial charge on any atom is -0.352 e. The number of nitrogens with one attached hydrogen (secondary N) is 2. The van der Waals surface area contributed by atoms with Gasteiger partial charge in [-0.3, -0.25) is 4.79 Å². The van der Waals surface area contributed by atoms with Crippen molar-refractivity contribution in [1.82, 2.24) is 10.0 Å². The lowest BCUT2D eigenvalue weighted by atomic mass is 10.2. The van der Waals surface area contributed by atoms with Crippen LogP contribution in [0.2, 0.25) is 0 Å². The van der Waals surface area contributed by atoms with Crippen LogP contribution < -0.4 is 15.8 Å². The van der Waals surface area contributed by atoms with E-state index in [0.717, 1.165) is 16.2 Å². The Morgan fingerprint density at radius 3 is 2.83 bits per heavy atom. The fourth-order valence-corrected chi connectivity index (χ4v) is 4.08. The molecule has 0 saturated carbocycles. The van der Waals surface area contributed by atoms with Crippen molar-refractivity contribution in [3.63, 3.8) is 0 Å². The van der Waals surface area contributed by atoms with Gasteiger partial charge in [-0.2, -0.15) is 0 Å². The van der Waals surface area contributed by atoms with Crippen molar-refractivity contribution in [3.8, 4) is 0 Å². The van der Waals surface area contributed by atoms with Crippen molar-refractivity contribution < 1.29 is 13.2 Å². The van der Waals surface area contributed by atoms with Crippen molar-refractivity contribution in [3.05, 3.63) is 17.0 Å². The molecule has 1 saturated heterocycles. The van der Waals surface area contributed by atoms with Crippen molar-refractivity contribution in [2.24, 2.45) is 5.73 Å². The van der Waals surface area contributed by atoms with Crippen LogP contribution in [0, 0.1) is 0 Å². The lowest BCUT2D eigenvalue weighted by Crippen LogP contribution is -2.38. The Balaban J connectivity index is 1.97. The summed E-state index contributed by atoms with van der Waals surface area (Å²) < 4.78 is 26.6. The molecule has 0 spiro atoms. The molecule has 4 N–H and O–H groups in total. The van der Waals surface area contributed by atoms with E-state index >= 15 is 0 Å². The number of nitrogens with two attached hydrogens (primary N) is 1. The molecule has 0 aliphatic carbocycles. The Morgan fingerprint density at radius 2 is 2.28 bits per heavy atom. The Hall–Kier alpha value is -0.960. The molecule has 1 unspecified atom stereocenters. The molecule has 0 bridgehead atoms. The predicted molar refractivity (Wildman–Crippen MR) is 68.6 cm³/mol. The number of rotatable bonds is 5. The lowest BCUT2D eigenvalue weighted by Gasteiger charge is -2.10. The van der Waals surface area contributed by atoms with Gasteiger partial charge in [-0.25, -0.2) is 13.1 Å². The van der Waals surface area contributed by atoms with E-state index in [1.807, 2.05) is 0 Å². The second-order valence-electron chi connectivity index (χ2n) is 4.08. The van der Waals surface area contributed by atoms with Crippen molar-refractivity contribution in [2.45, 2.75) is 29.6 Å². The zero-order valence-electron chi connectivity index (χ0n) is 9.68. The van der Waals surface area contributed by atoms with Gasteiger partial charge in [0.25, 0.3) is 0 Å².